The molecule has 2 rings (SSSR count). The number of alkyl halides is 3. The number of hydrogen-bond donors (Lipinski definition) is 1. The standard InChI is InChI=1S/C12H10ClF3N4O/c1-6(18-21)11-7(2)20(19-17-11)10-5-8(12(14,15)16)3-4-9(10)13/h3-5,21H,1-2H3/b18-6-. The Morgan fingerprint density at radius 1 is 1.38 bits per heavy atom. The Hall–Kier alpha value is -2.09. The molecule has 1 aromatic carbocycles. The molecule has 0 unspecified atom stereocenters. The van der Waals surface area contributed by atoms with Gasteiger partial charge in [0.05, 0.1) is 22.0 Å². The topological polar surface area (TPSA) is 63.3 Å². The van der Waals surface area contributed by atoms with Crippen molar-refractivity contribution in [1.82, 2.24) is 15.0 Å². The zero-order valence-electron chi connectivity index (χ0n) is 11.0. The molecule has 9 heteroatoms. The fourth-order valence-corrected chi connectivity index (χ4v) is 1.99. The summed E-state index contributed by atoms with van der Waals surface area (Å²) in [6.45, 7) is 3.08. The predicted octanol–water partition coefficient (Wildman–Crippen LogP) is 3.45. The Labute approximate surface area is 122 Å². The molecule has 5 nitrogen and oxygen atoms in total. The van der Waals surface area contributed by atoms with E-state index in [2.05, 4.69) is 15.5 Å². The van der Waals surface area contributed by atoms with E-state index in [0.717, 1.165) is 18.2 Å². The Bertz CT molecular complexity index is 709. The highest BCUT2D eigenvalue weighted by Crippen LogP contribution is 2.33. The molecule has 112 valence electrons. The maximum atomic E-state index is 12.8. The van der Waals surface area contributed by atoms with Gasteiger partial charge in [0.15, 0.2) is 0 Å². The lowest BCUT2D eigenvalue weighted by atomic mass is 10.2. The average Bonchev–Trinajstić information content (AvgIpc) is 2.79. The number of hydrogen-bond acceptors (Lipinski definition) is 4. The van der Waals surface area contributed by atoms with Crippen LogP contribution in [0.1, 0.15) is 23.9 Å². The first kappa shape index (κ1) is 15.3. The van der Waals surface area contributed by atoms with Crippen molar-refractivity contribution < 1.29 is 18.4 Å². The normalized spacial score (nSPS) is 12.8. The van der Waals surface area contributed by atoms with E-state index in [9.17, 15) is 13.2 Å². The lowest BCUT2D eigenvalue weighted by Crippen LogP contribution is -2.08. The van der Waals surface area contributed by atoms with Crippen LogP contribution in [0.4, 0.5) is 13.2 Å². The first-order valence-corrected chi connectivity index (χ1v) is 6.12. The fourth-order valence-electron chi connectivity index (χ4n) is 1.79. The molecule has 0 fully saturated rings. The van der Waals surface area contributed by atoms with Crippen molar-refractivity contribution in [3.8, 4) is 5.69 Å². The summed E-state index contributed by atoms with van der Waals surface area (Å²) in [6, 6.07) is 2.92. The Kier molecular flexibility index (Phi) is 3.91. The van der Waals surface area contributed by atoms with Gasteiger partial charge in [0, 0.05) is 0 Å². The van der Waals surface area contributed by atoms with E-state index < -0.39 is 11.7 Å². The summed E-state index contributed by atoms with van der Waals surface area (Å²) in [5, 5.41) is 19.4. The van der Waals surface area contributed by atoms with Crippen LogP contribution in [0.3, 0.4) is 0 Å². The largest absolute Gasteiger partial charge is 0.416 e. The van der Waals surface area contributed by atoms with E-state index in [1.807, 2.05) is 0 Å². The van der Waals surface area contributed by atoms with Crippen LogP contribution < -0.4 is 0 Å². The molecule has 21 heavy (non-hydrogen) atoms. The van der Waals surface area contributed by atoms with Crippen molar-refractivity contribution in [1.29, 1.82) is 0 Å². The van der Waals surface area contributed by atoms with Crippen LogP contribution in [0.25, 0.3) is 5.69 Å². The molecule has 0 aliphatic rings. The molecule has 0 saturated carbocycles. The van der Waals surface area contributed by atoms with Crippen molar-refractivity contribution in [2.24, 2.45) is 5.16 Å². The van der Waals surface area contributed by atoms with E-state index in [1.54, 1.807) is 6.92 Å². The molecule has 1 heterocycles. The van der Waals surface area contributed by atoms with Crippen LogP contribution in [0.15, 0.2) is 23.4 Å². The van der Waals surface area contributed by atoms with Crippen LogP contribution >= 0.6 is 11.6 Å². The van der Waals surface area contributed by atoms with Gasteiger partial charge < -0.3 is 5.21 Å². The number of nitrogens with zero attached hydrogens (tertiary/aromatic N) is 4. The van der Waals surface area contributed by atoms with Gasteiger partial charge in [-0.3, -0.25) is 0 Å². The Balaban J connectivity index is 2.60. The third-order valence-corrected chi connectivity index (χ3v) is 3.21. The number of aromatic nitrogens is 3. The van der Waals surface area contributed by atoms with Gasteiger partial charge in [-0.1, -0.05) is 22.0 Å². The van der Waals surface area contributed by atoms with Crippen LogP contribution in [0.5, 0.6) is 0 Å². The summed E-state index contributed by atoms with van der Waals surface area (Å²) < 4.78 is 39.5. The third kappa shape index (κ3) is 2.85. The van der Waals surface area contributed by atoms with E-state index in [-0.39, 0.29) is 22.1 Å². The second kappa shape index (κ2) is 5.36. The van der Waals surface area contributed by atoms with Crippen molar-refractivity contribution >= 4 is 17.3 Å². The van der Waals surface area contributed by atoms with Crippen LogP contribution in [0, 0.1) is 6.92 Å². The molecule has 0 radical (unpaired) electrons. The maximum Gasteiger partial charge on any atom is 0.416 e. The van der Waals surface area contributed by atoms with Gasteiger partial charge in [-0.05, 0) is 32.0 Å². The number of oxime groups is 1. The smallest absolute Gasteiger partial charge is 0.411 e. The van der Waals surface area contributed by atoms with Crippen molar-refractivity contribution in [3.05, 3.63) is 40.2 Å². The highest BCUT2D eigenvalue weighted by Gasteiger charge is 2.31. The molecule has 0 spiro atoms. The second-order valence-corrected chi connectivity index (χ2v) is 4.69. The predicted molar refractivity (Wildman–Crippen MR) is 70.1 cm³/mol. The lowest BCUT2D eigenvalue weighted by molar-refractivity contribution is -0.137. The average molecular weight is 319 g/mol. The first-order valence-electron chi connectivity index (χ1n) is 5.74. The molecule has 0 amide bonds. The van der Waals surface area contributed by atoms with Gasteiger partial charge in [-0.25, -0.2) is 4.68 Å². The quantitative estimate of drug-likeness (QED) is 0.524. The number of halogens is 4. The first-order chi connectivity index (χ1) is 9.75. The van der Waals surface area contributed by atoms with E-state index in [1.165, 1.54) is 11.6 Å². The molecule has 0 atom stereocenters. The van der Waals surface area contributed by atoms with Gasteiger partial charge in [0.2, 0.25) is 0 Å². The molecule has 2 aromatic rings. The fraction of sp³-hybridized carbons (Fsp3) is 0.250. The van der Waals surface area contributed by atoms with E-state index in [0.29, 0.717) is 5.69 Å². The highest BCUT2D eigenvalue weighted by atomic mass is 35.5. The molecule has 1 N–H and O–H groups in total. The summed E-state index contributed by atoms with van der Waals surface area (Å²) in [6.07, 6.45) is -4.49. The van der Waals surface area contributed by atoms with Gasteiger partial charge >= 0.3 is 6.18 Å². The minimum Gasteiger partial charge on any atom is -0.411 e. The zero-order valence-corrected chi connectivity index (χ0v) is 11.7. The molecule has 0 bridgehead atoms. The Morgan fingerprint density at radius 3 is 2.62 bits per heavy atom. The van der Waals surface area contributed by atoms with Crippen LogP contribution in [-0.4, -0.2) is 25.9 Å². The van der Waals surface area contributed by atoms with Crippen molar-refractivity contribution in [2.45, 2.75) is 20.0 Å². The third-order valence-electron chi connectivity index (χ3n) is 2.89. The van der Waals surface area contributed by atoms with E-state index >= 15 is 0 Å². The molecule has 0 saturated heterocycles. The summed E-state index contributed by atoms with van der Waals surface area (Å²) >= 11 is 5.94. The van der Waals surface area contributed by atoms with Gasteiger partial charge in [0.1, 0.15) is 11.4 Å². The van der Waals surface area contributed by atoms with E-state index in [4.69, 9.17) is 16.8 Å². The van der Waals surface area contributed by atoms with Crippen LogP contribution in [0.2, 0.25) is 5.02 Å². The summed E-state index contributed by atoms with van der Waals surface area (Å²) in [7, 11) is 0. The molecule has 1 aromatic heterocycles. The molecule has 0 aliphatic carbocycles. The lowest BCUT2D eigenvalue weighted by Gasteiger charge is -2.11. The minimum atomic E-state index is -4.49. The molecular formula is C12H10ClF3N4O. The molecule has 0 aliphatic heterocycles. The summed E-state index contributed by atoms with van der Waals surface area (Å²) in [5.41, 5.74) is 0.0822. The van der Waals surface area contributed by atoms with Gasteiger partial charge in [-0.15, -0.1) is 5.10 Å². The van der Waals surface area contributed by atoms with Gasteiger partial charge in [0.25, 0.3) is 0 Å². The van der Waals surface area contributed by atoms with Crippen LogP contribution in [-0.2, 0) is 6.18 Å². The summed E-state index contributed by atoms with van der Waals surface area (Å²) in [5.74, 6) is 0. The SMILES string of the molecule is C/C(=N/O)c1nnn(-c2cc(C(F)(F)F)ccc2Cl)c1C. The minimum absolute atomic E-state index is 0.0495. The monoisotopic (exact) mass is 318 g/mol. The van der Waals surface area contributed by atoms with Crippen molar-refractivity contribution in [2.75, 3.05) is 0 Å². The maximum absolute atomic E-state index is 12.8. The molecular weight excluding hydrogens is 309 g/mol. The Morgan fingerprint density at radius 2 is 2.05 bits per heavy atom. The zero-order chi connectivity index (χ0) is 15.8. The number of benzene rings is 1. The van der Waals surface area contributed by atoms with Gasteiger partial charge in [-0.2, -0.15) is 13.2 Å². The second-order valence-electron chi connectivity index (χ2n) is 4.28. The number of rotatable bonds is 2. The highest BCUT2D eigenvalue weighted by molar-refractivity contribution is 6.32. The van der Waals surface area contributed by atoms with Crippen molar-refractivity contribution in [3.63, 3.8) is 0 Å². The summed E-state index contributed by atoms with van der Waals surface area (Å²) in [4.78, 5) is 0.